The van der Waals surface area contributed by atoms with Crippen LogP contribution in [-0.2, 0) is 14.8 Å². The van der Waals surface area contributed by atoms with Crippen LogP contribution in [0.15, 0.2) is 36.4 Å². The predicted octanol–water partition coefficient (Wildman–Crippen LogP) is 4.15. The Morgan fingerprint density at radius 1 is 1.14 bits per heavy atom. The third kappa shape index (κ3) is 5.87. The normalized spacial score (nSPS) is 11.2. The molecule has 2 rings (SSSR count). The third-order valence-electron chi connectivity index (χ3n) is 4.38. The maximum atomic E-state index is 12.3. The maximum absolute atomic E-state index is 12.3. The van der Waals surface area contributed by atoms with Gasteiger partial charge in [-0.25, -0.2) is 8.42 Å². The van der Waals surface area contributed by atoms with E-state index < -0.39 is 10.0 Å². The Morgan fingerprint density at radius 3 is 2.46 bits per heavy atom. The Hall–Kier alpha value is -2.25. The number of nitrogens with one attached hydrogen (secondary N) is 1. The van der Waals surface area contributed by atoms with Crippen LogP contribution in [-0.4, -0.2) is 34.2 Å². The van der Waals surface area contributed by atoms with Gasteiger partial charge in [0.25, 0.3) is 0 Å². The second-order valence-electron chi connectivity index (χ2n) is 6.60. The fourth-order valence-corrected chi connectivity index (χ4v) is 3.87. The van der Waals surface area contributed by atoms with Crippen LogP contribution in [0, 0.1) is 13.8 Å². The molecule has 1 N–H and O–H groups in total. The van der Waals surface area contributed by atoms with Gasteiger partial charge in [0, 0.05) is 18.0 Å². The van der Waals surface area contributed by atoms with Gasteiger partial charge in [-0.05, 0) is 61.7 Å². The summed E-state index contributed by atoms with van der Waals surface area (Å²) in [5.41, 5.74) is 3.18. The number of sulfonamides is 1. The summed E-state index contributed by atoms with van der Waals surface area (Å²) < 4.78 is 31.0. The van der Waals surface area contributed by atoms with Gasteiger partial charge in [0.15, 0.2) is 0 Å². The minimum Gasteiger partial charge on any atom is -0.495 e. The molecule has 28 heavy (non-hydrogen) atoms. The highest BCUT2D eigenvalue weighted by atomic mass is 35.5. The molecule has 8 heteroatoms. The molecule has 0 saturated carbocycles. The van der Waals surface area contributed by atoms with Crippen molar-refractivity contribution in [2.45, 2.75) is 26.7 Å². The molecule has 1 amide bonds. The van der Waals surface area contributed by atoms with E-state index in [2.05, 4.69) is 5.32 Å². The summed E-state index contributed by atoms with van der Waals surface area (Å²) in [5, 5.41) is 3.24. The molecule has 0 spiro atoms. The predicted molar refractivity (Wildman–Crippen MR) is 114 cm³/mol. The second-order valence-corrected chi connectivity index (χ2v) is 8.94. The Bertz CT molecular complexity index is 961. The summed E-state index contributed by atoms with van der Waals surface area (Å²) in [5.74, 6) is 0.264. The minimum absolute atomic E-state index is 0.159. The molecule has 0 aliphatic heterocycles. The SMILES string of the molecule is COc1ccc(Cl)cc1NC(=O)CCCN(c1ccc(C)c(C)c1)S(C)(=O)=O. The molecule has 0 fully saturated rings. The molecule has 0 aromatic heterocycles. The number of hydrogen-bond acceptors (Lipinski definition) is 4. The summed E-state index contributed by atoms with van der Waals surface area (Å²) in [4.78, 5) is 12.3. The topological polar surface area (TPSA) is 75.7 Å². The van der Waals surface area contributed by atoms with E-state index >= 15 is 0 Å². The van der Waals surface area contributed by atoms with E-state index in [-0.39, 0.29) is 18.9 Å². The first-order chi connectivity index (χ1) is 13.1. The lowest BCUT2D eigenvalue weighted by molar-refractivity contribution is -0.116. The van der Waals surface area contributed by atoms with Crippen LogP contribution in [0.4, 0.5) is 11.4 Å². The highest BCUT2D eigenvalue weighted by Crippen LogP contribution is 2.28. The zero-order chi connectivity index (χ0) is 20.9. The Morgan fingerprint density at radius 2 is 1.86 bits per heavy atom. The van der Waals surface area contributed by atoms with Gasteiger partial charge in [0.1, 0.15) is 5.75 Å². The molecule has 0 atom stereocenters. The fraction of sp³-hybridized carbons (Fsp3) is 0.350. The number of aryl methyl sites for hydroxylation is 2. The van der Waals surface area contributed by atoms with Gasteiger partial charge in [-0.2, -0.15) is 0 Å². The summed E-state index contributed by atoms with van der Waals surface area (Å²) in [6.07, 6.45) is 1.69. The number of carbonyl (C=O) groups is 1. The monoisotopic (exact) mass is 424 g/mol. The van der Waals surface area contributed by atoms with Gasteiger partial charge in [-0.1, -0.05) is 17.7 Å². The zero-order valence-corrected chi connectivity index (χ0v) is 18.0. The number of halogens is 1. The number of nitrogens with zero attached hydrogens (tertiary/aromatic N) is 1. The van der Waals surface area contributed by atoms with E-state index in [1.807, 2.05) is 26.0 Å². The van der Waals surface area contributed by atoms with Crippen molar-refractivity contribution in [1.29, 1.82) is 0 Å². The van der Waals surface area contributed by atoms with E-state index in [1.165, 1.54) is 17.7 Å². The smallest absolute Gasteiger partial charge is 0.232 e. The standard InChI is InChI=1S/C20H25ClN2O4S/c1-14-7-9-17(12-15(14)2)23(28(4,25)26)11-5-6-20(24)22-18-13-16(21)8-10-19(18)27-3/h7-10,12-13H,5-6,11H2,1-4H3,(H,22,24). The van der Waals surface area contributed by atoms with Gasteiger partial charge < -0.3 is 10.1 Å². The molecule has 152 valence electrons. The maximum Gasteiger partial charge on any atom is 0.232 e. The molecular weight excluding hydrogens is 400 g/mol. The molecule has 0 unspecified atom stereocenters. The van der Waals surface area contributed by atoms with Gasteiger partial charge in [-0.3, -0.25) is 9.10 Å². The highest BCUT2D eigenvalue weighted by molar-refractivity contribution is 7.92. The summed E-state index contributed by atoms with van der Waals surface area (Å²) in [6.45, 7) is 4.12. The second kappa shape index (κ2) is 9.30. The van der Waals surface area contributed by atoms with Crippen LogP contribution in [0.1, 0.15) is 24.0 Å². The number of rotatable bonds is 8. The molecular formula is C20H25ClN2O4S. The number of methoxy groups -OCH3 is 1. The number of amides is 1. The number of hydrogen-bond donors (Lipinski definition) is 1. The average Bonchev–Trinajstić information content (AvgIpc) is 2.60. The zero-order valence-electron chi connectivity index (χ0n) is 16.5. The van der Waals surface area contributed by atoms with Crippen LogP contribution in [0.5, 0.6) is 5.75 Å². The highest BCUT2D eigenvalue weighted by Gasteiger charge is 2.18. The van der Waals surface area contributed by atoms with E-state index in [0.29, 0.717) is 28.6 Å². The molecule has 0 radical (unpaired) electrons. The lowest BCUT2D eigenvalue weighted by Crippen LogP contribution is -2.31. The molecule has 0 heterocycles. The van der Waals surface area contributed by atoms with E-state index in [4.69, 9.17) is 16.3 Å². The Kier molecular flexibility index (Phi) is 7.32. The third-order valence-corrected chi connectivity index (χ3v) is 5.81. The molecule has 2 aromatic rings. The van der Waals surface area contributed by atoms with Crippen molar-refractivity contribution in [3.63, 3.8) is 0 Å². The van der Waals surface area contributed by atoms with Crippen molar-refractivity contribution < 1.29 is 17.9 Å². The van der Waals surface area contributed by atoms with E-state index in [0.717, 1.165) is 11.1 Å². The largest absolute Gasteiger partial charge is 0.495 e. The van der Waals surface area contributed by atoms with Crippen LogP contribution in [0.25, 0.3) is 0 Å². The lowest BCUT2D eigenvalue weighted by Gasteiger charge is -2.23. The molecule has 0 aliphatic carbocycles. The number of ether oxygens (including phenoxy) is 1. The first-order valence-corrected chi connectivity index (χ1v) is 11.0. The van der Waals surface area contributed by atoms with Crippen molar-refractivity contribution in [2.75, 3.05) is 29.5 Å². The average molecular weight is 425 g/mol. The van der Waals surface area contributed by atoms with Crippen LogP contribution >= 0.6 is 11.6 Å². The van der Waals surface area contributed by atoms with Crippen LogP contribution in [0.3, 0.4) is 0 Å². The van der Waals surface area contributed by atoms with E-state index in [9.17, 15) is 13.2 Å². The molecule has 2 aromatic carbocycles. The molecule has 6 nitrogen and oxygen atoms in total. The molecule has 0 bridgehead atoms. The van der Waals surface area contributed by atoms with Crippen molar-refractivity contribution in [1.82, 2.24) is 0 Å². The van der Waals surface area contributed by atoms with Gasteiger partial charge >= 0.3 is 0 Å². The lowest BCUT2D eigenvalue weighted by atomic mass is 10.1. The van der Waals surface area contributed by atoms with Gasteiger partial charge in [0.05, 0.1) is 24.7 Å². The van der Waals surface area contributed by atoms with Crippen LogP contribution < -0.4 is 14.4 Å². The Balaban J connectivity index is 2.03. The van der Waals surface area contributed by atoms with Gasteiger partial charge in [-0.15, -0.1) is 0 Å². The quantitative estimate of drug-likeness (QED) is 0.690. The number of carbonyl (C=O) groups excluding carboxylic acids is 1. The van der Waals surface area contributed by atoms with Crippen molar-refractivity contribution in [3.05, 3.63) is 52.5 Å². The van der Waals surface area contributed by atoms with Crippen LogP contribution in [0.2, 0.25) is 5.02 Å². The van der Waals surface area contributed by atoms with E-state index in [1.54, 1.807) is 24.3 Å². The Labute approximate surface area is 171 Å². The van der Waals surface area contributed by atoms with Gasteiger partial charge in [0.2, 0.25) is 15.9 Å². The first kappa shape index (κ1) is 22.0. The van der Waals surface area contributed by atoms with Crippen molar-refractivity contribution in [2.24, 2.45) is 0 Å². The summed E-state index contributed by atoms with van der Waals surface area (Å²) >= 11 is 5.96. The summed E-state index contributed by atoms with van der Waals surface area (Å²) in [7, 11) is -1.95. The fourth-order valence-electron chi connectivity index (χ4n) is 2.74. The number of anilines is 2. The number of benzene rings is 2. The summed E-state index contributed by atoms with van der Waals surface area (Å²) in [6, 6.07) is 10.5. The minimum atomic E-state index is -3.46. The van der Waals surface area contributed by atoms with Crippen molar-refractivity contribution >= 4 is 38.9 Å². The van der Waals surface area contributed by atoms with Crippen molar-refractivity contribution in [3.8, 4) is 5.75 Å². The first-order valence-electron chi connectivity index (χ1n) is 8.80. The molecule has 0 aliphatic rings. The molecule has 0 saturated heterocycles.